The van der Waals surface area contributed by atoms with Crippen LogP contribution in [-0.2, 0) is 9.53 Å². The minimum atomic E-state index is -0.108. The molecule has 0 bridgehead atoms. The molecule has 0 rings (SSSR count). The second-order valence-corrected chi connectivity index (χ2v) is 1.51. The second kappa shape index (κ2) is 5.47. The summed E-state index contributed by atoms with van der Waals surface area (Å²) in [6.07, 6.45) is 1.23. The number of carbonyl (C=O) groups is 1. The Morgan fingerprint density at radius 2 is 2.44 bits per heavy atom. The first kappa shape index (κ1) is 8.33. The van der Waals surface area contributed by atoms with Crippen LogP contribution in [-0.4, -0.2) is 25.5 Å². The smallest absolute Gasteiger partial charge is 0.180 e. The van der Waals surface area contributed by atoms with E-state index in [0.29, 0.717) is 13.2 Å². The van der Waals surface area contributed by atoms with Gasteiger partial charge in [0.05, 0.1) is 6.61 Å². The zero-order valence-corrected chi connectivity index (χ0v) is 5.30. The van der Waals surface area contributed by atoms with Gasteiger partial charge in [-0.05, 0) is 6.08 Å². The zero-order valence-electron chi connectivity index (χ0n) is 5.30. The maximum atomic E-state index is 10.4. The first-order chi connectivity index (χ1) is 4.31. The fourth-order valence-electron chi connectivity index (χ4n) is 0.315. The minimum absolute atomic E-state index is 0.0979. The summed E-state index contributed by atoms with van der Waals surface area (Å²) >= 11 is 0. The van der Waals surface area contributed by atoms with E-state index in [0.717, 1.165) is 0 Å². The van der Waals surface area contributed by atoms with Crippen LogP contribution in [0.4, 0.5) is 0 Å². The van der Waals surface area contributed by atoms with E-state index in [-0.39, 0.29) is 12.4 Å². The molecule has 0 atom stereocenters. The van der Waals surface area contributed by atoms with Crippen LogP contribution in [0.15, 0.2) is 12.7 Å². The van der Waals surface area contributed by atoms with Crippen LogP contribution in [0.5, 0.6) is 0 Å². The fraction of sp³-hybridized carbons (Fsp3) is 0.500. The van der Waals surface area contributed by atoms with Crippen molar-refractivity contribution in [2.24, 2.45) is 5.73 Å². The lowest BCUT2D eigenvalue weighted by Crippen LogP contribution is -2.12. The summed E-state index contributed by atoms with van der Waals surface area (Å²) in [7, 11) is 0. The highest BCUT2D eigenvalue weighted by atomic mass is 16.5. The van der Waals surface area contributed by atoms with Gasteiger partial charge in [-0.1, -0.05) is 6.58 Å². The minimum Gasteiger partial charge on any atom is -0.372 e. The zero-order chi connectivity index (χ0) is 7.11. The Hall–Kier alpha value is -0.670. The Bertz CT molecular complexity index is 101. The fourth-order valence-corrected chi connectivity index (χ4v) is 0.315. The number of hydrogen-bond donors (Lipinski definition) is 1. The van der Waals surface area contributed by atoms with Crippen LogP contribution in [0.2, 0.25) is 0 Å². The van der Waals surface area contributed by atoms with Crippen molar-refractivity contribution in [3.05, 3.63) is 12.7 Å². The highest BCUT2D eigenvalue weighted by Gasteiger charge is 1.92. The highest BCUT2D eigenvalue weighted by molar-refractivity contribution is 5.90. The van der Waals surface area contributed by atoms with Gasteiger partial charge in [-0.25, -0.2) is 0 Å². The monoisotopic (exact) mass is 129 g/mol. The molecule has 3 nitrogen and oxygen atoms in total. The van der Waals surface area contributed by atoms with Crippen LogP contribution >= 0.6 is 0 Å². The molecule has 0 heterocycles. The molecular weight excluding hydrogens is 118 g/mol. The van der Waals surface area contributed by atoms with Crippen LogP contribution < -0.4 is 5.73 Å². The third kappa shape index (κ3) is 5.20. The Balaban J connectivity index is 3.07. The molecule has 0 amide bonds. The number of ether oxygens (including phenoxy) is 1. The van der Waals surface area contributed by atoms with Gasteiger partial charge in [0, 0.05) is 6.54 Å². The van der Waals surface area contributed by atoms with Crippen molar-refractivity contribution in [3.8, 4) is 0 Å². The molecule has 0 aliphatic carbocycles. The molecular formula is C6H11NO2. The Labute approximate surface area is 54.5 Å². The normalized spacial score (nSPS) is 9.00. The largest absolute Gasteiger partial charge is 0.372 e. The molecule has 2 N–H and O–H groups in total. The standard InChI is InChI=1S/C6H11NO2/c1-2-6(8)5-9-4-3-7/h2H,1,3-5,7H2. The number of nitrogens with two attached hydrogens (primary N) is 1. The molecule has 0 aromatic rings. The van der Waals surface area contributed by atoms with Crippen molar-refractivity contribution in [1.82, 2.24) is 0 Å². The maximum Gasteiger partial charge on any atom is 0.180 e. The van der Waals surface area contributed by atoms with E-state index >= 15 is 0 Å². The van der Waals surface area contributed by atoms with Gasteiger partial charge in [-0.2, -0.15) is 0 Å². The van der Waals surface area contributed by atoms with Crippen molar-refractivity contribution in [2.45, 2.75) is 0 Å². The highest BCUT2D eigenvalue weighted by Crippen LogP contribution is 1.75. The van der Waals surface area contributed by atoms with Gasteiger partial charge in [-0.3, -0.25) is 4.79 Å². The van der Waals surface area contributed by atoms with E-state index in [2.05, 4.69) is 6.58 Å². The van der Waals surface area contributed by atoms with Crippen molar-refractivity contribution >= 4 is 5.78 Å². The molecule has 3 heteroatoms. The van der Waals surface area contributed by atoms with Crippen molar-refractivity contribution in [2.75, 3.05) is 19.8 Å². The molecule has 0 fully saturated rings. The Morgan fingerprint density at radius 1 is 1.78 bits per heavy atom. The number of ketones is 1. The van der Waals surface area contributed by atoms with Gasteiger partial charge in [0.2, 0.25) is 0 Å². The summed E-state index contributed by atoms with van der Waals surface area (Å²) in [5.41, 5.74) is 5.09. The van der Waals surface area contributed by atoms with Crippen LogP contribution in [0.1, 0.15) is 0 Å². The first-order valence-electron chi connectivity index (χ1n) is 2.74. The summed E-state index contributed by atoms with van der Waals surface area (Å²) in [5.74, 6) is -0.108. The molecule has 0 aliphatic heterocycles. The number of hydrogen-bond acceptors (Lipinski definition) is 3. The van der Waals surface area contributed by atoms with E-state index in [1.165, 1.54) is 6.08 Å². The molecule has 52 valence electrons. The molecule has 0 unspecified atom stereocenters. The summed E-state index contributed by atoms with van der Waals surface area (Å²) in [4.78, 5) is 10.4. The molecule has 0 saturated carbocycles. The van der Waals surface area contributed by atoms with Crippen LogP contribution in [0, 0.1) is 0 Å². The molecule has 0 radical (unpaired) electrons. The van der Waals surface area contributed by atoms with E-state index in [9.17, 15) is 4.79 Å². The van der Waals surface area contributed by atoms with Crippen molar-refractivity contribution in [3.63, 3.8) is 0 Å². The predicted molar refractivity (Wildman–Crippen MR) is 35.1 cm³/mol. The van der Waals surface area contributed by atoms with Gasteiger partial charge in [-0.15, -0.1) is 0 Å². The molecule has 0 saturated heterocycles. The summed E-state index contributed by atoms with van der Waals surface area (Å²) in [6, 6.07) is 0. The molecule has 0 aliphatic rings. The summed E-state index contributed by atoms with van der Waals surface area (Å²) in [6.45, 7) is 4.26. The third-order valence-corrected chi connectivity index (χ3v) is 0.734. The quantitative estimate of drug-likeness (QED) is 0.410. The van der Waals surface area contributed by atoms with Gasteiger partial charge in [0.15, 0.2) is 5.78 Å². The second-order valence-electron chi connectivity index (χ2n) is 1.51. The van der Waals surface area contributed by atoms with Crippen LogP contribution in [0.3, 0.4) is 0 Å². The van der Waals surface area contributed by atoms with Crippen molar-refractivity contribution < 1.29 is 9.53 Å². The average molecular weight is 129 g/mol. The number of carbonyl (C=O) groups excluding carboxylic acids is 1. The lowest BCUT2D eigenvalue weighted by atomic mass is 10.4. The maximum absolute atomic E-state index is 10.4. The van der Waals surface area contributed by atoms with Gasteiger partial charge >= 0.3 is 0 Å². The SMILES string of the molecule is C=CC(=O)COCCN. The van der Waals surface area contributed by atoms with Gasteiger partial charge in [0.25, 0.3) is 0 Å². The first-order valence-corrected chi connectivity index (χ1v) is 2.74. The predicted octanol–water partition coefficient (Wildman–Crippen LogP) is -0.283. The lowest BCUT2D eigenvalue weighted by Gasteiger charge is -1.95. The van der Waals surface area contributed by atoms with Crippen LogP contribution in [0.25, 0.3) is 0 Å². The molecule has 9 heavy (non-hydrogen) atoms. The van der Waals surface area contributed by atoms with Gasteiger partial charge < -0.3 is 10.5 Å². The third-order valence-electron chi connectivity index (χ3n) is 0.734. The van der Waals surface area contributed by atoms with E-state index in [4.69, 9.17) is 10.5 Å². The molecule has 0 aromatic carbocycles. The lowest BCUT2D eigenvalue weighted by molar-refractivity contribution is -0.118. The van der Waals surface area contributed by atoms with Crippen molar-refractivity contribution in [1.29, 1.82) is 0 Å². The topological polar surface area (TPSA) is 52.3 Å². The summed E-state index contributed by atoms with van der Waals surface area (Å²) in [5, 5.41) is 0. The van der Waals surface area contributed by atoms with E-state index in [1.54, 1.807) is 0 Å². The molecule has 0 spiro atoms. The van der Waals surface area contributed by atoms with E-state index in [1.807, 2.05) is 0 Å². The Morgan fingerprint density at radius 3 is 2.89 bits per heavy atom. The Kier molecular flexibility index (Phi) is 5.06. The number of rotatable bonds is 5. The average Bonchev–Trinajstić information content (AvgIpc) is 1.89. The van der Waals surface area contributed by atoms with E-state index < -0.39 is 0 Å². The summed E-state index contributed by atoms with van der Waals surface area (Å²) < 4.78 is 4.79. The molecule has 0 aromatic heterocycles. The van der Waals surface area contributed by atoms with Gasteiger partial charge in [0.1, 0.15) is 6.61 Å².